The summed E-state index contributed by atoms with van der Waals surface area (Å²) in [6.45, 7) is 0. The summed E-state index contributed by atoms with van der Waals surface area (Å²) in [5, 5.41) is 57.9. The minimum Gasteiger partial charge on any atom is -0.478 e. The van der Waals surface area contributed by atoms with Gasteiger partial charge in [0, 0.05) is 11.8 Å². The van der Waals surface area contributed by atoms with Gasteiger partial charge in [-0.2, -0.15) is 0 Å². The molecule has 0 aliphatic heterocycles. The van der Waals surface area contributed by atoms with Gasteiger partial charge >= 0.3 is 35.8 Å². The Hall–Kier alpha value is -5.52. The van der Waals surface area contributed by atoms with Gasteiger partial charge in [0.1, 0.15) is 0 Å². The van der Waals surface area contributed by atoms with Gasteiger partial charge in [-0.15, -0.1) is 0 Å². The third-order valence-electron chi connectivity index (χ3n) is 6.92. The van der Waals surface area contributed by atoms with Gasteiger partial charge in [0.2, 0.25) is 0 Å². The normalized spacial score (nSPS) is 16.1. The van der Waals surface area contributed by atoms with E-state index in [4.69, 9.17) is 0 Å². The van der Waals surface area contributed by atoms with Crippen LogP contribution >= 0.6 is 0 Å². The lowest BCUT2D eigenvalue weighted by Crippen LogP contribution is -2.31. The first kappa shape index (κ1) is 24.2. The van der Waals surface area contributed by atoms with Crippen molar-refractivity contribution in [1.82, 2.24) is 0 Å². The highest BCUT2D eigenvalue weighted by Gasteiger charge is 2.45. The van der Waals surface area contributed by atoms with Crippen LogP contribution in [0.5, 0.6) is 0 Å². The summed E-state index contributed by atoms with van der Waals surface area (Å²) in [5.41, 5.74) is -1.89. The zero-order valence-electron chi connectivity index (χ0n) is 18.8. The molecule has 3 aromatic carbocycles. The number of carboxylic acid groups (broad SMARTS) is 6. The van der Waals surface area contributed by atoms with E-state index in [9.17, 15) is 59.4 Å². The zero-order valence-corrected chi connectivity index (χ0v) is 18.8. The van der Waals surface area contributed by atoms with Crippen molar-refractivity contribution in [2.75, 3.05) is 0 Å². The fraction of sp³-hybridized carbons (Fsp3) is 0.0769. The number of rotatable bonds is 6. The second-order valence-corrected chi connectivity index (χ2v) is 8.78. The van der Waals surface area contributed by atoms with E-state index in [1.807, 2.05) is 0 Å². The molecule has 0 amide bonds. The summed E-state index contributed by atoms with van der Waals surface area (Å²) >= 11 is 0. The topological polar surface area (TPSA) is 224 Å². The molecule has 190 valence electrons. The summed E-state index contributed by atoms with van der Waals surface area (Å²) in [5.74, 6) is -11.4. The van der Waals surface area contributed by atoms with Crippen LogP contribution in [0.4, 0.5) is 0 Å². The highest BCUT2D eigenvalue weighted by atomic mass is 16.4. The smallest absolute Gasteiger partial charge is 0.336 e. The Balaban J connectivity index is 1.94. The number of carboxylic acids is 6. The molecular weight excluding hydrogens is 504 g/mol. The van der Waals surface area contributed by atoms with E-state index in [0.29, 0.717) is 0 Å². The number of carbonyl (C=O) groups is 6. The fourth-order valence-corrected chi connectivity index (χ4v) is 5.47. The number of aromatic carboxylic acids is 6. The van der Waals surface area contributed by atoms with Gasteiger partial charge in [-0.05, 0) is 69.8 Å². The van der Waals surface area contributed by atoms with Crippen LogP contribution in [0.15, 0.2) is 36.4 Å². The van der Waals surface area contributed by atoms with Crippen LogP contribution in [-0.2, 0) is 0 Å². The third-order valence-corrected chi connectivity index (χ3v) is 6.92. The molecule has 3 aliphatic carbocycles. The predicted molar refractivity (Wildman–Crippen MR) is 123 cm³/mol. The van der Waals surface area contributed by atoms with Crippen LogP contribution in [0, 0.1) is 0 Å². The molecule has 0 spiro atoms. The average Bonchev–Trinajstić information content (AvgIpc) is 2.85. The zero-order chi connectivity index (χ0) is 27.8. The molecule has 12 heteroatoms. The van der Waals surface area contributed by atoms with Crippen LogP contribution in [0.1, 0.15) is 107 Å². The van der Waals surface area contributed by atoms with Gasteiger partial charge < -0.3 is 30.6 Å². The highest BCUT2D eigenvalue weighted by Crippen LogP contribution is 2.57. The Labute approximate surface area is 210 Å². The minimum atomic E-state index is -1.55. The SMILES string of the molecule is O=C(O)c1cc2c(cc1C(=O)O)C1c3cc(C(=O)O)c(C(=O)O)cc3C2c2cc(C(=O)O)c(C(=O)O)cc21. The molecule has 0 saturated carbocycles. The van der Waals surface area contributed by atoms with Crippen LogP contribution < -0.4 is 0 Å². The highest BCUT2D eigenvalue weighted by molar-refractivity contribution is 6.05. The number of hydrogen-bond donors (Lipinski definition) is 6. The predicted octanol–water partition coefficient (Wildman–Crippen LogP) is 2.86. The Morgan fingerprint density at radius 1 is 0.342 bits per heavy atom. The largest absolute Gasteiger partial charge is 0.478 e. The van der Waals surface area contributed by atoms with Gasteiger partial charge in [-0.3, -0.25) is 0 Å². The molecular formula is C26H14O12. The molecule has 3 aliphatic rings. The van der Waals surface area contributed by atoms with Gasteiger partial charge in [-0.25, -0.2) is 28.8 Å². The minimum absolute atomic E-state index is 0.247. The molecule has 6 N–H and O–H groups in total. The summed E-state index contributed by atoms with van der Waals surface area (Å²) in [6.07, 6.45) is 0. The molecule has 6 rings (SSSR count). The second kappa shape index (κ2) is 8.00. The molecule has 0 heterocycles. The quantitative estimate of drug-likeness (QED) is 0.191. The van der Waals surface area contributed by atoms with E-state index in [0.717, 1.165) is 36.4 Å². The van der Waals surface area contributed by atoms with Crippen molar-refractivity contribution in [2.45, 2.75) is 11.8 Å². The van der Waals surface area contributed by atoms with Gasteiger partial charge in [-0.1, -0.05) is 0 Å². The first-order valence-corrected chi connectivity index (χ1v) is 10.8. The van der Waals surface area contributed by atoms with E-state index >= 15 is 0 Å². The van der Waals surface area contributed by atoms with Gasteiger partial charge in [0.25, 0.3) is 0 Å². The van der Waals surface area contributed by atoms with Crippen LogP contribution in [0.3, 0.4) is 0 Å². The van der Waals surface area contributed by atoms with Crippen molar-refractivity contribution in [3.05, 3.63) is 103 Å². The maximum Gasteiger partial charge on any atom is 0.336 e. The van der Waals surface area contributed by atoms with Crippen molar-refractivity contribution < 1.29 is 59.4 Å². The summed E-state index contributed by atoms with van der Waals surface area (Å²) < 4.78 is 0. The van der Waals surface area contributed by atoms with Crippen molar-refractivity contribution in [3.8, 4) is 0 Å². The van der Waals surface area contributed by atoms with Crippen LogP contribution in [-0.4, -0.2) is 66.5 Å². The van der Waals surface area contributed by atoms with Crippen molar-refractivity contribution in [1.29, 1.82) is 0 Å². The summed E-state index contributed by atoms with van der Waals surface area (Å²) in [6, 6.07) is 6.68. The van der Waals surface area contributed by atoms with E-state index in [-0.39, 0.29) is 33.4 Å². The Kier molecular flexibility index (Phi) is 5.09. The lowest BCUT2D eigenvalue weighted by Gasteiger charge is -2.43. The monoisotopic (exact) mass is 518 g/mol. The number of hydrogen-bond acceptors (Lipinski definition) is 6. The molecule has 0 fully saturated rings. The molecule has 0 radical (unpaired) electrons. The molecule has 12 nitrogen and oxygen atoms in total. The van der Waals surface area contributed by atoms with Crippen molar-refractivity contribution in [3.63, 3.8) is 0 Å². The van der Waals surface area contributed by atoms with E-state index in [2.05, 4.69) is 0 Å². The molecule has 0 saturated heterocycles. The number of benzene rings is 3. The van der Waals surface area contributed by atoms with E-state index in [1.165, 1.54) is 0 Å². The van der Waals surface area contributed by atoms with Crippen LogP contribution in [0.25, 0.3) is 0 Å². The summed E-state index contributed by atoms with van der Waals surface area (Å²) in [7, 11) is 0. The standard InChI is InChI=1S/C26H14O12/c27-21(28)13-1-7-8(2-14(13)22(29)30)20-11-5-17(25(35)36)15(23(31)32)3-9(11)19(7)10-4-16(24(33)34)18(26(37)38)6-12(10)20/h1-6,19-20H,(H,27,28)(H,29,30)(H,31,32)(H,33,34)(H,35,36)(H,37,38). The molecule has 38 heavy (non-hydrogen) atoms. The average molecular weight is 518 g/mol. The maximum atomic E-state index is 11.9. The van der Waals surface area contributed by atoms with Gasteiger partial charge in [0.05, 0.1) is 33.4 Å². The molecule has 0 atom stereocenters. The maximum absolute atomic E-state index is 11.9. The fourth-order valence-electron chi connectivity index (χ4n) is 5.47. The molecule has 3 aromatic rings. The van der Waals surface area contributed by atoms with E-state index < -0.39 is 81.0 Å². The molecule has 2 bridgehead atoms. The third kappa shape index (κ3) is 3.24. The van der Waals surface area contributed by atoms with E-state index in [1.54, 1.807) is 0 Å². The Morgan fingerprint density at radius 2 is 0.474 bits per heavy atom. The van der Waals surface area contributed by atoms with Gasteiger partial charge in [0.15, 0.2) is 0 Å². The Bertz CT molecular complexity index is 1380. The lowest BCUT2D eigenvalue weighted by molar-refractivity contribution is 0.0650. The molecule has 0 aromatic heterocycles. The first-order valence-electron chi connectivity index (χ1n) is 10.8. The van der Waals surface area contributed by atoms with Crippen molar-refractivity contribution in [2.24, 2.45) is 0 Å². The second-order valence-electron chi connectivity index (χ2n) is 8.78. The first-order chi connectivity index (χ1) is 17.8. The van der Waals surface area contributed by atoms with Crippen LogP contribution in [0.2, 0.25) is 0 Å². The lowest BCUT2D eigenvalue weighted by atomic mass is 9.59. The summed E-state index contributed by atoms with van der Waals surface area (Å²) in [4.78, 5) is 71.3. The molecule has 0 unspecified atom stereocenters. The van der Waals surface area contributed by atoms with Crippen molar-refractivity contribution >= 4 is 35.8 Å². The Morgan fingerprint density at radius 3 is 0.579 bits per heavy atom.